The molecule has 0 aliphatic carbocycles. The van der Waals surface area contributed by atoms with Crippen molar-refractivity contribution >= 4 is 5.69 Å². The predicted octanol–water partition coefficient (Wildman–Crippen LogP) is 4.54. The lowest BCUT2D eigenvalue weighted by atomic mass is 10.1. The third kappa shape index (κ3) is 5.41. The van der Waals surface area contributed by atoms with Gasteiger partial charge in [-0.25, -0.2) is 0 Å². The Kier molecular flexibility index (Phi) is 5.09. The standard InChI is InChI=1S/C14H20F3NO/c1-9-8-13(19)10(2)7-12(9)18-11(3)5-4-6-14(15,16)17/h7-8,11,18-19H,4-6H2,1-3H3. The molecular formula is C14H20F3NO. The van der Waals surface area contributed by atoms with E-state index in [4.69, 9.17) is 0 Å². The van der Waals surface area contributed by atoms with Gasteiger partial charge in [0.05, 0.1) is 0 Å². The lowest BCUT2D eigenvalue weighted by Gasteiger charge is -2.18. The molecular weight excluding hydrogens is 255 g/mol. The number of hydrogen-bond donors (Lipinski definition) is 2. The number of phenols is 1. The third-order valence-electron chi connectivity index (χ3n) is 3.04. The highest BCUT2D eigenvalue weighted by atomic mass is 19.4. The van der Waals surface area contributed by atoms with Crippen molar-refractivity contribution in [1.29, 1.82) is 0 Å². The van der Waals surface area contributed by atoms with Gasteiger partial charge in [0.1, 0.15) is 5.75 Å². The van der Waals surface area contributed by atoms with Gasteiger partial charge in [-0.15, -0.1) is 0 Å². The molecule has 0 heterocycles. The van der Waals surface area contributed by atoms with Crippen molar-refractivity contribution in [2.24, 2.45) is 0 Å². The van der Waals surface area contributed by atoms with E-state index in [9.17, 15) is 18.3 Å². The molecule has 0 bridgehead atoms. The fourth-order valence-corrected chi connectivity index (χ4v) is 1.90. The van der Waals surface area contributed by atoms with Crippen LogP contribution in [0.4, 0.5) is 18.9 Å². The van der Waals surface area contributed by atoms with Crippen LogP contribution in [0.2, 0.25) is 0 Å². The van der Waals surface area contributed by atoms with Crippen LogP contribution in [0.3, 0.4) is 0 Å². The molecule has 0 fully saturated rings. The predicted molar refractivity (Wildman–Crippen MR) is 70.6 cm³/mol. The average Bonchev–Trinajstić information content (AvgIpc) is 2.24. The zero-order chi connectivity index (χ0) is 14.6. The van der Waals surface area contributed by atoms with Gasteiger partial charge in [-0.2, -0.15) is 13.2 Å². The molecule has 2 nitrogen and oxygen atoms in total. The first-order valence-electron chi connectivity index (χ1n) is 6.32. The Bertz CT molecular complexity index is 429. The second kappa shape index (κ2) is 6.17. The molecule has 2 N–H and O–H groups in total. The minimum absolute atomic E-state index is 0.0370. The van der Waals surface area contributed by atoms with E-state index in [0.29, 0.717) is 6.42 Å². The zero-order valence-electron chi connectivity index (χ0n) is 11.4. The van der Waals surface area contributed by atoms with E-state index < -0.39 is 12.6 Å². The van der Waals surface area contributed by atoms with E-state index in [1.165, 1.54) is 0 Å². The van der Waals surface area contributed by atoms with Crippen molar-refractivity contribution in [3.8, 4) is 5.75 Å². The van der Waals surface area contributed by atoms with Gasteiger partial charge in [0.2, 0.25) is 0 Å². The summed E-state index contributed by atoms with van der Waals surface area (Å²) in [7, 11) is 0. The number of benzene rings is 1. The van der Waals surface area contributed by atoms with E-state index in [1.54, 1.807) is 13.0 Å². The average molecular weight is 275 g/mol. The molecule has 1 atom stereocenters. The van der Waals surface area contributed by atoms with Crippen LogP contribution in [-0.2, 0) is 0 Å². The van der Waals surface area contributed by atoms with Crippen LogP contribution in [0.1, 0.15) is 37.3 Å². The summed E-state index contributed by atoms with van der Waals surface area (Å²) in [6, 6.07) is 3.43. The highest BCUT2D eigenvalue weighted by molar-refractivity contribution is 5.57. The first-order valence-corrected chi connectivity index (χ1v) is 6.32. The van der Waals surface area contributed by atoms with Crippen LogP contribution in [-0.4, -0.2) is 17.3 Å². The van der Waals surface area contributed by atoms with Crippen LogP contribution in [0.15, 0.2) is 12.1 Å². The number of alkyl halides is 3. The molecule has 108 valence electrons. The monoisotopic (exact) mass is 275 g/mol. The summed E-state index contributed by atoms with van der Waals surface area (Å²) in [5.74, 6) is 0.229. The Morgan fingerprint density at radius 1 is 1.21 bits per heavy atom. The lowest BCUT2D eigenvalue weighted by molar-refractivity contribution is -0.135. The van der Waals surface area contributed by atoms with Crippen molar-refractivity contribution in [2.75, 3.05) is 5.32 Å². The van der Waals surface area contributed by atoms with Crippen LogP contribution < -0.4 is 5.32 Å². The summed E-state index contributed by atoms with van der Waals surface area (Å²) in [4.78, 5) is 0. The maximum atomic E-state index is 12.0. The fraction of sp³-hybridized carbons (Fsp3) is 0.571. The molecule has 0 saturated heterocycles. The molecule has 1 aromatic rings. The summed E-state index contributed by atoms with van der Waals surface area (Å²) in [6.07, 6.45) is -4.25. The number of halogens is 3. The van der Waals surface area contributed by atoms with Crippen LogP contribution in [0.5, 0.6) is 5.75 Å². The third-order valence-corrected chi connectivity index (χ3v) is 3.04. The molecule has 0 radical (unpaired) electrons. The Hall–Kier alpha value is -1.39. The van der Waals surface area contributed by atoms with Crippen LogP contribution >= 0.6 is 0 Å². The van der Waals surface area contributed by atoms with Crippen molar-refractivity contribution in [1.82, 2.24) is 0 Å². The van der Waals surface area contributed by atoms with Crippen molar-refractivity contribution < 1.29 is 18.3 Å². The minimum atomic E-state index is -4.08. The summed E-state index contributed by atoms with van der Waals surface area (Å²) < 4.78 is 36.1. The number of hydrogen-bond acceptors (Lipinski definition) is 2. The molecule has 0 aliphatic rings. The van der Waals surface area contributed by atoms with Gasteiger partial charge in [-0.1, -0.05) is 0 Å². The van der Waals surface area contributed by atoms with Crippen molar-refractivity contribution in [3.05, 3.63) is 23.3 Å². The number of nitrogens with one attached hydrogen (secondary N) is 1. The van der Waals surface area contributed by atoms with Gasteiger partial charge in [0.25, 0.3) is 0 Å². The first-order chi connectivity index (χ1) is 8.69. The van der Waals surface area contributed by atoms with Crippen molar-refractivity contribution in [2.45, 2.75) is 52.3 Å². The fourth-order valence-electron chi connectivity index (χ4n) is 1.90. The molecule has 5 heteroatoms. The van der Waals surface area contributed by atoms with Crippen LogP contribution in [0.25, 0.3) is 0 Å². The Labute approximate surface area is 111 Å². The molecule has 0 aliphatic heterocycles. The normalized spacial score (nSPS) is 13.4. The van der Waals surface area contributed by atoms with E-state index in [0.717, 1.165) is 16.8 Å². The van der Waals surface area contributed by atoms with E-state index >= 15 is 0 Å². The summed E-state index contributed by atoms with van der Waals surface area (Å²) in [5.41, 5.74) is 2.48. The SMILES string of the molecule is Cc1cc(NC(C)CCCC(F)(F)F)c(C)cc1O. The molecule has 19 heavy (non-hydrogen) atoms. The highest BCUT2D eigenvalue weighted by Crippen LogP contribution is 2.27. The van der Waals surface area contributed by atoms with Gasteiger partial charge in [0, 0.05) is 18.2 Å². The lowest BCUT2D eigenvalue weighted by Crippen LogP contribution is -2.17. The van der Waals surface area contributed by atoms with Gasteiger partial charge in [-0.05, 0) is 56.9 Å². The molecule has 0 spiro atoms. The second-order valence-electron chi connectivity index (χ2n) is 5.01. The highest BCUT2D eigenvalue weighted by Gasteiger charge is 2.26. The minimum Gasteiger partial charge on any atom is -0.508 e. The molecule has 1 unspecified atom stereocenters. The summed E-state index contributed by atoms with van der Waals surface area (Å²) >= 11 is 0. The molecule has 1 rings (SSSR count). The van der Waals surface area contributed by atoms with Gasteiger partial charge in [0.15, 0.2) is 0 Å². The maximum Gasteiger partial charge on any atom is 0.389 e. The Morgan fingerprint density at radius 2 is 1.84 bits per heavy atom. The molecule has 1 aromatic carbocycles. The number of rotatable bonds is 5. The summed E-state index contributed by atoms with van der Waals surface area (Å²) in [5, 5.41) is 12.7. The molecule has 0 aromatic heterocycles. The zero-order valence-corrected chi connectivity index (χ0v) is 11.4. The van der Waals surface area contributed by atoms with Gasteiger partial charge < -0.3 is 10.4 Å². The van der Waals surface area contributed by atoms with Gasteiger partial charge in [-0.3, -0.25) is 0 Å². The van der Waals surface area contributed by atoms with E-state index in [-0.39, 0.29) is 18.2 Å². The number of anilines is 1. The largest absolute Gasteiger partial charge is 0.508 e. The van der Waals surface area contributed by atoms with E-state index in [2.05, 4.69) is 5.32 Å². The number of aromatic hydroxyl groups is 1. The number of phenolic OH excluding ortho intramolecular Hbond substituents is 1. The summed E-state index contributed by atoms with van der Waals surface area (Å²) in [6.45, 7) is 5.50. The van der Waals surface area contributed by atoms with E-state index in [1.807, 2.05) is 19.9 Å². The maximum absolute atomic E-state index is 12.0. The Morgan fingerprint density at radius 3 is 2.42 bits per heavy atom. The molecule has 0 amide bonds. The topological polar surface area (TPSA) is 32.3 Å². The first kappa shape index (κ1) is 15.7. The Balaban J connectivity index is 2.53. The number of aryl methyl sites for hydroxylation is 2. The quantitative estimate of drug-likeness (QED) is 0.773. The second-order valence-corrected chi connectivity index (χ2v) is 5.01. The van der Waals surface area contributed by atoms with Crippen LogP contribution in [0, 0.1) is 13.8 Å². The van der Waals surface area contributed by atoms with Crippen molar-refractivity contribution in [3.63, 3.8) is 0 Å². The smallest absolute Gasteiger partial charge is 0.389 e. The molecule has 0 saturated carbocycles. The van der Waals surface area contributed by atoms with Gasteiger partial charge >= 0.3 is 6.18 Å².